The molecule has 162 valence electrons. The molecule has 0 aromatic carbocycles. The average molecular weight is 413 g/mol. The van der Waals surface area contributed by atoms with E-state index in [1.54, 1.807) is 13.0 Å². The van der Waals surface area contributed by atoms with E-state index in [0.29, 0.717) is 43.1 Å². The minimum Gasteiger partial charge on any atom is -0.390 e. The highest BCUT2D eigenvalue weighted by Gasteiger charge is 2.55. The fourth-order valence-corrected chi connectivity index (χ4v) is 6.74. The predicted octanol–water partition coefficient (Wildman–Crippen LogP) is 1.81. The molecule has 1 saturated heterocycles. The predicted molar refractivity (Wildman–Crippen MR) is 113 cm³/mol. The quantitative estimate of drug-likeness (QED) is 0.791. The summed E-state index contributed by atoms with van der Waals surface area (Å²) in [6, 6.07) is 5.91. The van der Waals surface area contributed by atoms with E-state index in [0.717, 1.165) is 37.9 Å². The van der Waals surface area contributed by atoms with Gasteiger partial charge in [-0.3, -0.25) is 9.59 Å². The molecule has 2 heterocycles. The molecule has 3 atom stereocenters. The van der Waals surface area contributed by atoms with Crippen molar-refractivity contribution in [2.75, 3.05) is 24.5 Å². The Morgan fingerprint density at radius 1 is 1.17 bits per heavy atom. The number of pyridine rings is 1. The van der Waals surface area contributed by atoms with Crippen LogP contribution < -0.4 is 10.2 Å². The minimum absolute atomic E-state index is 0.0999. The van der Waals surface area contributed by atoms with Gasteiger partial charge in [-0.15, -0.1) is 0 Å². The minimum atomic E-state index is -0.492. The van der Waals surface area contributed by atoms with E-state index in [4.69, 9.17) is 0 Å². The maximum atomic E-state index is 13.1. The second-order valence-corrected chi connectivity index (χ2v) is 10.1. The number of carbonyl (C=O) groups is 2. The van der Waals surface area contributed by atoms with Gasteiger partial charge in [-0.2, -0.15) is 0 Å². The van der Waals surface area contributed by atoms with Crippen LogP contribution in [0.4, 0.5) is 5.82 Å². The fourth-order valence-electron chi connectivity index (χ4n) is 6.74. The fraction of sp³-hybridized carbons (Fsp3) is 0.696. The van der Waals surface area contributed by atoms with Crippen molar-refractivity contribution in [3.8, 4) is 0 Å². The highest BCUT2D eigenvalue weighted by Crippen LogP contribution is 2.55. The Bertz CT molecular complexity index is 843. The third-order valence-corrected chi connectivity index (χ3v) is 7.87. The molecular weight excluding hydrogens is 380 g/mol. The smallest absolute Gasteiger partial charge is 0.270 e. The molecule has 5 fully saturated rings. The summed E-state index contributed by atoms with van der Waals surface area (Å²) in [5, 5.41) is 14.0. The lowest BCUT2D eigenvalue weighted by molar-refractivity contribution is -0.137. The Hall–Kier alpha value is -2.15. The molecule has 1 aliphatic heterocycles. The molecule has 4 aliphatic carbocycles. The molecule has 2 amide bonds. The molecule has 2 N–H and O–H groups in total. The molecule has 4 saturated carbocycles. The Balaban J connectivity index is 1.28. The number of anilines is 1. The number of rotatable bonds is 3. The molecule has 6 rings (SSSR count). The summed E-state index contributed by atoms with van der Waals surface area (Å²) in [5.41, 5.74) is -0.0464. The second-order valence-electron chi connectivity index (χ2n) is 10.1. The summed E-state index contributed by atoms with van der Waals surface area (Å²) in [6.07, 6.45) is 4.82. The van der Waals surface area contributed by atoms with Gasteiger partial charge < -0.3 is 20.2 Å². The van der Waals surface area contributed by atoms with E-state index in [1.165, 1.54) is 0 Å². The van der Waals surface area contributed by atoms with E-state index < -0.39 is 5.60 Å². The molecule has 1 aromatic heterocycles. The number of aliphatic hydroxyl groups is 1. The van der Waals surface area contributed by atoms with Crippen LogP contribution in [-0.2, 0) is 4.79 Å². The SMILES string of the molecule is CC(=O)N1CCN(c2cccc(C(=O)NC3C4CC5CC3CC(O)(C5)C4)n2)C(C)C1. The lowest BCUT2D eigenvalue weighted by Crippen LogP contribution is -2.61. The van der Waals surface area contributed by atoms with E-state index in [2.05, 4.69) is 22.1 Å². The topological polar surface area (TPSA) is 85.8 Å². The largest absolute Gasteiger partial charge is 0.390 e. The van der Waals surface area contributed by atoms with Crippen LogP contribution in [0.1, 0.15) is 56.4 Å². The zero-order chi connectivity index (χ0) is 21.0. The Morgan fingerprint density at radius 3 is 2.53 bits per heavy atom. The van der Waals surface area contributed by atoms with Gasteiger partial charge in [-0.1, -0.05) is 6.07 Å². The van der Waals surface area contributed by atoms with Crippen LogP contribution in [0, 0.1) is 17.8 Å². The summed E-state index contributed by atoms with van der Waals surface area (Å²) < 4.78 is 0. The Morgan fingerprint density at radius 2 is 1.90 bits per heavy atom. The molecule has 0 radical (unpaired) electrons. The van der Waals surface area contributed by atoms with Crippen molar-refractivity contribution in [2.45, 2.75) is 63.6 Å². The molecular formula is C23H32N4O3. The van der Waals surface area contributed by atoms with Gasteiger partial charge in [0.05, 0.1) is 5.60 Å². The monoisotopic (exact) mass is 412 g/mol. The Kier molecular flexibility index (Phi) is 4.76. The summed E-state index contributed by atoms with van der Waals surface area (Å²) in [6.45, 7) is 5.75. The third kappa shape index (κ3) is 3.47. The molecule has 0 spiro atoms. The van der Waals surface area contributed by atoms with Gasteiger partial charge in [0.2, 0.25) is 5.91 Å². The second kappa shape index (κ2) is 7.22. The van der Waals surface area contributed by atoms with Crippen LogP contribution in [0.2, 0.25) is 0 Å². The van der Waals surface area contributed by atoms with Gasteiger partial charge in [0, 0.05) is 38.6 Å². The van der Waals surface area contributed by atoms with E-state index >= 15 is 0 Å². The lowest BCUT2D eigenvalue weighted by Gasteiger charge is -2.58. The van der Waals surface area contributed by atoms with E-state index in [9.17, 15) is 14.7 Å². The van der Waals surface area contributed by atoms with E-state index in [1.807, 2.05) is 17.0 Å². The molecule has 7 nitrogen and oxygen atoms in total. The van der Waals surface area contributed by atoms with Crippen molar-refractivity contribution < 1.29 is 14.7 Å². The van der Waals surface area contributed by atoms with Crippen LogP contribution in [-0.4, -0.2) is 64.1 Å². The maximum absolute atomic E-state index is 13.1. The van der Waals surface area contributed by atoms with Crippen LogP contribution in [0.3, 0.4) is 0 Å². The molecule has 3 unspecified atom stereocenters. The van der Waals surface area contributed by atoms with Gasteiger partial charge in [-0.25, -0.2) is 4.98 Å². The van der Waals surface area contributed by atoms with Crippen molar-refractivity contribution in [3.63, 3.8) is 0 Å². The highest BCUT2D eigenvalue weighted by atomic mass is 16.3. The standard InChI is InChI=1S/C23H32N4O3/c1-14-13-26(15(2)28)6-7-27(14)20-5-3-4-19(24-20)22(29)25-21-17-8-16-9-18(21)12-23(30,10-16)11-17/h3-5,14,16-18,21,30H,6-13H2,1-2H3,(H,25,29). The first-order valence-corrected chi connectivity index (χ1v) is 11.3. The molecule has 5 aliphatic rings. The van der Waals surface area contributed by atoms with E-state index in [-0.39, 0.29) is 23.9 Å². The summed E-state index contributed by atoms with van der Waals surface area (Å²) in [7, 11) is 0. The van der Waals surface area contributed by atoms with Crippen molar-refractivity contribution in [3.05, 3.63) is 23.9 Å². The van der Waals surface area contributed by atoms with Crippen molar-refractivity contribution in [2.24, 2.45) is 17.8 Å². The molecule has 30 heavy (non-hydrogen) atoms. The Labute approximate surface area is 177 Å². The van der Waals surface area contributed by atoms with Gasteiger partial charge in [0.15, 0.2) is 0 Å². The zero-order valence-corrected chi connectivity index (χ0v) is 17.9. The zero-order valence-electron chi connectivity index (χ0n) is 17.9. The first kappa shape index (κ1) is 19.8. The van der Waals surface area contributed by atoms with Crippen LogP contribution in [0.25, 0.3) is 0 Å². The van der Waals surface area contributed by atoms with Gasteiger partial charge >= 0.3 is 0 Å². The molecule has 4 bridgehead atoms. The highest BCUT2D eigenvalue weighted by molar-refractivity contribution is 5.93. The third-order valence-electron chi connectivity index (χ3n) is 7.87. The number of amides is 2. The van der Waals surface area contributed by atoms with Gasteiger partial charge in [0.25, 0.3) is 5.91 Å². The number of carbonyl (C=O) groups excluding carboxylic acids is 2. The molecule has 1 aromatic rings. The lowest BCUT2D eigenvalue weighted by atomic mass is 9.52. The van der Waals surface area contributed by atoms with Gasteiger partial charge in [0.1, 0.15) is 11.5 Å². The average Bonchev–Trinajstić information content (AvgIpc) is 2.69. The number of nitrogens with zero attached hydrogens (tertiary/aromatic N) is 3. The van der Waals surface area contributed by atoms with Crippen molar-refractivity contribution in [1.82, 2.24) is 15.2 Å². The van der Waals surface area contributed by atoms with Crippen molar-refractivity contribution in [1.29, 1.82) is 0 Å². The maximum Gasteiger partial charge on any atom is 0.270 e. The van der Waals surface area contributed by atoms with Crippen LogP contribution in [0.5, 0.6) is 0 Å². The summed E-state index contributed by atoms with van der Waals surface area (Å²) in [5.74, 6) is 2.16. The van der Waals surface area contributed by atoms with Gasteiger partial charge in [-0.05, 0) is 68.9 Å². The van der Waals surface area contributed by atoms with Crippen molar-refractivity contribution >= 4 is 17.6 Å². The first-order valence-electron chi connectivity index (χ1n) is 11.3. The first-order chi connectivity index (χ1) is 14.3. The summed E-state index contributed by atoms with van der Waals surface area (Å²) in [4.78, 5) is 33.4. The summed E-state index contributed by atoms with van der Waals surface area (Å²) >= 11 is 0. The number of aromatic nitrogens is 1. The number of nitrogens with one attached hydrogen (secondary N) is 1. The number of hydrogen-bond donors (Lipinski definition) is 2. The molecule has 7 heteroatoms. The van der Waals surface area contributed by atoms with Crippen LogP contribution >= 0.6 is 0 Å². The number of hydrogen-bond acceptors (Lipinski definition) is 5. The van der Waals surface area contributed by atoms with Crippen LogP contribution in [0.15, 0.2) is 18.2 Å². The number of piperazine rings is 1. The normalized spacial score (nSPS) is 37.4.